The molecule has 1 fully saturated rings. The van der Waals surface area contributed by atoms with Crippen molar-refractivity contribution in [2.75, 3.05) is 20.6 Å². The van der Waals surface area contributed by atoms with Gasteiger partial charge in [-0.1, -0.05) is 11.4 Å². The number of likely N-dealkylation sites (tertiary alicyclic amines) is 1. The van der Waals surface area contributed by atoms with Crippen LogP contribution in [0.25, 0.3) is 0 Å². The summed E-state index contributed by atoms with van der Waals surface area (Å²) in [4.78, 5) is 26.6. The molecule has 3 rings (SSSR count). The lowest BCUT2D eigenvalue weighted by molar-refractivity contribution is 0.0736. The summed E-state index contributed by atoms with van der Waals surface area (Å²) in [5.74, 6) is 0.0177. The Bertz CT molecular complexity index is 716. The van der Waals surface area contributed by atoms with Crippen LogP contribution in [0, 0.1) is 0 Å². The van der Waals surface area contributed by atoms with E-state index in [2.05, 4.69) is 19.5 Å². The number of hydrogen-bond acceptors (Lipinski definition) is 7. The van der Waals surface area contributed by atoms with Crippen LogP contribution in [-0.2, 0) is 13.0 Å². The molecule has 1 aliphatic heterocycles. The number of aromatic nitrogens is 4. The second-order valence-electron chi connectivity index (χ2n) is 6.23. The monoisotopic (exact) mass is 346 g/mol. The van der Waals surface area contributed by atoms with Crippen LogP contribution in [0.15, 0.2) is 12.4 Å². The van der Waals surface area contributed by atoms with Crippen LogP contribution >= 0.6 is 11.5 Å². The van der Waals surface area contributed by atoms with Crippen LogP contribution in [0.4, 0.5) is 0 Å². The lowest BCUT2D eigenvalue weighted by atomic mass is 10.1. The standard InChI is InChI=1S/C16H22N6OS/c1-4-12-15(24-20-19-12)16(23)22-7-5-6-14(22)13-9-17-8-11(18-13)10-21(2)3/h8-9,14H,4-7,10H2,1-3H3. The SMILES string of the molecule is CCc1nnsc1C(=O)N1CCCC1c1cncc(CN(C)C)n1. The highest BCUT2D eigenvalue weighted by Gasteiger charge is 2.33. The second kappa shape index (κ2) is 7.31. The van der Waals surface area contributed by atoms with Gasteiger partial charge in [0, 0.05) is 19.3 Å². The minimum atomic E-state index is -0.0149. The Morgan fingerprint density at radius 1 is 1.42 bits per heavy atom. The van der Waals surface area contributed by atoms with Crippen molar-refractivity contribution in [3.8, 4) is 0 Å². The summed E-state index contributed by atoms with van der Waals surface area (Å²) in [6, 6.07) is -0.0149. The molecule has 8 heteroatoms. The molecule has 1 atom stereocenters. The van der Waals surface area contributed by atoms with Gasteiger partial charge in [-0.05, 0) is 44.9 Å². The molecule has 2 aromatic heterocycles. The van der Waals surface area contributed by atoms with Gasteiger partial charge in [0.2, 0.25) is 0 Å². The quantitative estimate of drug-likeness (QED) is 0.823. The van der Waals surface area contributed by atoms with E-state index in [1.807, 2.05) is 25.9 Å². The van der Waals surface area contributed by atoms with E-state index in [9.17, 15) is 4.79 Å². The van der Waals surface area contributed by atoms with Gasteiger partial charge >= 0.3 is 0 Å². The topological polar surface area (TPSA) is 75.1 Å². The van der Waals surface area contributed by atoms with Crippen LogP contribution in [0.3, 0.4) is 0 Å². The molecule has 0 bridgehead atoms. The largest absolute Gasteiger partial charge is 0.329 e. The van der Waals surface area contributed by atoms with Gasteiger partial charge in [0.05, 0.1) is 29.3 Å². The van der Waals surface area contributed by atoms with Crippen LogP contribution in [-0.4, -0.2) is 55.9 Å². The first-order valence-electron chi connectivity index (χ1n) is 8.18. The van der Waals surface area contributed by atoms with Crippen molar-refractivity contribution < 1.29 is 4.79 Å². The Balaban J connectivity index is 1.84. The Kier molecular flexibility index (Phi) is 5.15. The van der Waals surface area contributed by atoms with Gasteiger partial charge in [-0.25, -0.2) is 0 Å². The molecule has 0 N–H and O–H groups in total. The Labute approximate surface area is 145 Å². The first-order valence-corrected chi connectivity index (χ1v) is 8.95. The molecule has 0 aliphatic carbocycles. The molecular formula is C16H22N6OS. The van der Waals surface area contributed by atoms with Gasteiger partial charge in [-0.15, -0.1) is 5.10 Å². The maximum absolute atomic E-state index is 12.9. The zero-order valence-electron chi connectivity index (χ0n) is 14.3. The van der Waals surface area contributed by atoms with Crippen molar-refractivity contribution in [2.45, 2.75) is 38.8 Å². The van der Waals surface area contributed by atoms with Crippen LogP contribution in [0.1, 0.15) is 52.6 Å². The van der Waals surface area contributed by atoms with Crippen molar-refractivity contribution >= 4 is 17.4 Å². The molecule has 3 heterocycles. The van der Waals surface area contributed by atoms with Gasteiger partial charge in [-0.3, -0.25) is 14.8 Å². The van der Waals surface area contributed by atoms with Crippen LogP contribution in [0.5, 0.6) is 0 Å². The highest BCUT2D eigenvalue weighted by atomic mass is 32.1. The van der Waals surface area contributed by atoms with E-state index in [0.717, 1.165) is 43.0 Å². The first kappa shape index (κ1) is 16.9. The van der Waals surface area contributed by atoms with Gasteiger partial charge in [0.1, 0.15) is 4.88 Å². The van der Waals surface area contributed by atoms with E-state index < -0.39 is 0 Å². The number of hydrogen-bond donors (Lipinski definition) is 0. The summed E-state index contributed by atoms with van der Waals surface area (Å²) in [5.41, 5.74) is 2.57. The lowest BCUT2D eigenvalue weighted by Crippen LogP contribution is -2.31. The Hall–Kier alpha value is -1.93. The fourth-order valence-corrected chi connectivity index (χ4v) is 3.74. The molecule has 2 aromatic rings. The van der Waals surface area contributed by atoms with Gasteiger partial charge < -0.3 is 9.80 Å². The van der Waals surface area contributed by atoms with E-state index in [-0.39, 0.29) is 11.9 Å². The van der Waals surface area contributed by atoms with Gasteiger partial charge in [0.25, 0.3) is 5.91 Å². The fourth-order valence-electron chi connectivity index (χ4n) is 3.03. The van der Waals surface area contributed by atoms with E-state index in [4.69, 9.17) is 4.98 Å². The lowest BCUT2D eigenvalue weighted by Gasteiger charge is -2.24. The third-order valence-electron chi connectivity index (χ3n) is 4.12. The molecule has 1 aliphatic rings. The maximum Gasteiger partial charge on any atom is 0.268 e. The van der Waals surface area contributed by atoms with E-state index in [1.54, 1.807) is 12.4 Å². The normalized spacial score (nSPS) is 17.7. The number of carbonyl (C=O) groups is 1. The summed E-state index contributed by atoms with van der Waals surface area (Å²) >= 11 is 1.18. The zero-order chi connectivity index (χ0) is 17.1. The smallest absolute Gasteiger partial charge is 0.268 e. The molecule has 7 nitrogen and oxygen atoms in total. The molecular weight excluding hydrogens is 324 g/mol. The molecule has 0 spiro atoms. The third-order valence-corrected chi connectivity index (χ3v) is 4.88. The van der Waals surface area contributed by atoms with E-state index in [0.29, 0.717) is 11.3 Å². The predicted molar refractivity (Wildman–Crippen MR) is 91.7 cm³/mol. The Morgan fingerprint density at radius 2 is 2.25 bits per heavy atom. The molecule has 0 saturated carbocycles. The molecule has 128 valence electrons. The number of rotatable bonds is 5. The number of carbonyl (C=O) groups excluding carboxylic acids is 1. The number of amides is 1. The molecule has 1 unspecified atom stereocenters. The molecule has 0 aromatic carbocycles. The Morgan fingerprint density at radius 3 is 3.00 bits per heavy atom. The van der Waals surface area contributed by atoms with E-state index >= 15 is 0 Å². The minimum Gasteiger partial charge on any atom is -0.329 e. The maximum atomic E-state index is 12.9. The summed E-state index contributed by atoms with van der Waals surface area (Å²) < 4.78 is 3.94. The summed E-state index contributed by atoms with van der Waals surface area (Å²) in [6.45, 7) is 3.47. The molecule has 1 saturated heterocycles. The summed E-state index contributed by atoms with van der Waals surface area (Å²) in [6.07, 6.45) is 6.17. The fraction of sp³-hybridized carbons (Fsp3) is 0.562. The highest BCUT2D eigenvalue weighted by Crippen LogP contribution is 2.33. The van der Waals surface area contributed by atoms with Gasteiger partial charge in [0.15, 0.2) is 0 Å². The average molecular weight is 346 g/mol. The van der Waals surface area contributed by atoms with Crippen molar-refractivity contribution in [1.29, 1.82) is 0 Å². The number of nitrogens with zero attached hydrogens (tertiary/aromatic N) is 6. The van der Waals surface area contributed by atoms with Crippen molar-refractivity contribution in [3.05, 3.63) is 34.4 Å². The molecule has 24 heavy (non-hydrogen) atoms. The first-order chi connectivity index (χ1) is 11.6. The third kappa shape index (κ3) is 3.44. The predicted octanol–water partition coefficient (Wildman–Crippen LogP) is 1.93. The van der Waals surface area contributed by atoms with Crippen LogP contribution < -0.4 is 0 Å². The van der Waals surface area contributed by atoms with Gasteiger partial charge in [-0.2, -0.15) is 0 Å². The van der Waals surface area contributed by atoms with E-state index in [1.165, 1.54) is 11.5 Å². The van der Waals surface area contributed by atoms with Crippen LogP contribution in [0.2, 0.25) is 0 Å². The minimum absolute atomic E-state index is 0.0149. The molecule has 0 radical (unpaired) electrons. The second-order valence-corrected chi connectivity index (χ2v) is 6.99. The summed E-state index contributed by atoms with van der Waals surface area (Å²) in [5, 5.41) is 4.06. The summed E-state index contributed by atoms with van der Waals surface area (Å²) in [7, 11) is 4.01. The average Bonchev–Trinajstić information content (AvgIpc) is 3.23. The highest BCUT2D eigenvalue weighted by molar-refractivity contribution is 7.08. The number of aryl methyl sites for hydroxylation is 1. The molecule has 1 amide bonds. The van der Waals surface area contributed by atoms with Crippen molar-refractivity contribution in [1.82, 2.24) is 29.4 Å². The zero-order valence-corrected chi connectivity index (χ0v) is 15.1. The van der Waals surface area contributed by atoms with Crippen molar-refractivity contribution in [3.63, 3.8) is 0 Å². The van der Waals surface area contributed by atoms with Crippen molar-refractivity contribution in [2.24, 2.45) is 0 Å².